The number of aryl methyl sites for hydroxylation is 2. The van der Waals surface area contributed by atoms with Crippen LogP contribution in [0, 0.1) is 19.3 Å². The average Bonchev–Trinajstić information content (AvgIpc) is 3.39. The molecule has 0 saturated carbocycles. The highest BCUT2D eigenvalue weighted by molar-refractivity contribution is 5.92. The van der Waals surface area contributed by atoms with Crippen LogP contribution in [0.4, 0.5) is 0 Å². The van der Waals surface area contributed by atoms with Gasteiger partial charge in [-0.2, -0.15) is 4.98 Å². The van der Waals surface area contributed by atoms with Crippen LogP contribution < -0.4 is 0 Å². The van der Waals surface area contributed by atoms with Crippen molar-refractivity contribution >= 4 is 5.91 Å². The van der Waals surface area contributed by atoms with Crippen LogP contribution in [0.3, 0.4) is 0 Å². The van der Waals surface area contributed by atoms with Crippen molar-refractivity contribution in [2.75, 3.05) is 26.2 Å². The van der Waals surface area contributed by atoms with Gasteiger partial charge in [0, 0.05) is 45.1 Å². The standard InChI is InChI=1S/C21H23N5O3/c1-14-22-19(29-24-14)17-9-25(8-16-6-4-3-5-7-16)11-21(17)12-26(13-21)20(27)18-10-28-15(2)23-18/h3-7,10,17H,8-9,11-13H2,1-2H3. The molecular weight excluding hydrogens is 370 g/mol. The molecule has 0 aliphatic carbocycles. The van der Waals surface area contributed by atoms with Crippen molar-refractivity contribution in [3.8, 4) is 0 Å². The lowest BCUT2D eigenvalue weighted by Crippen LogP contribution is -2.61. The quantitative estimate of drug-likeness (QED) is 0.672. The summed E-state index contributed by atoms with van der Waals surface area (Å²) in [6.07, 6.45) is 1.43. The first-order valence-corrected chi connectivity index (χ1v) is 9.80. The number of nitrogens with zero attached hydrogens (tertiary/aromatic N) is 5. The third-order valence-electron chi connectivity index (χ3n) is 5.95. The van der Waals surface area contributed by atoms with E-state index in [1.54, 1.807) is 6.92 Å². The summed E-state index contributed by atoms with van der Waals surface area (Å²) in [5, 5.41) is 3.99. The molecule has 0 bridgehead atoms. The van der Waals surface area contributed by atoms with Crippen LogP contribution in [0.1, 0.15) is 39.6 Å². The number of oxazole rings is 1. The molecule has 2 aliphatic rings. The molecule has 8 heteroatoms. The second-order valence-electron chi connectivity index (χ2n) is 8.16. The molecule has 5 rings (SSSR count). The van der Waals surface area contributed by atoms with E-state index in [9.17, 15) is 4.79 Å². The zero-order valence-corrected chi connectivity index (χ0v) is 16.5. The minimum atomic E-state index is -0.0885. The second kappa shape index (κ2) is 6.81. The average molecular weight is 393 g/mol. The third kappa shape index (κ3) is 3.23. The monoisotopic (exact) mass is 393 g/mol. The number of hydrogen-bond acceptors (Lipinski definition) is 7. The molecule has 1 spiro atoms. The number of benzene rings is 1. The first kappa shape index (κ1) is 18.1. The maximum Gasteiger partial charge on any atom is 0.275 e. The molecule has 1 unspecified atom stereocenters. The van der Waals surface area contributed by atoms with E-state index in [1.165, 1.54) is 11.8 Å². The van der Waals surface area contributed by atoms with Crippen molar-refractivity contribution < 1.29 is 13.7 Å². The molecule has 1 aromatic carbocycles. The number of likely N-dealkylation sites (tertiary alicyclic amines) is 2. The lowest BCUT2D eigenvalue weighted by Gasteiger charge is -2.50. The maximum atomic E-state index is 12.7. The maximum absolute atomic E-state index is 12.7. The van der Waals surface area contributed by atoms with Gasteiger partial charge >= 0.3 is 0 Å². The first-order chi connectivity index (χ1) is 14.0. The van der Waals surface area contributed by atoms with E-state index in [0.717, 1.165) is 19.6 Å². The Morgan fingerprint density at radius 3 is 2.62 bits per heavy atom. The Morgan fingerprint density at radius 2 is 1.97 bits per heavy atom. The van der Waals surface area contributed by atoms with E-state index in [2.05, 4.69) is 44.3 Å². The molecule has 0 N–H and O–H groups in total. The zero-order valence-electron chi connectivity index (χ0n) is 16.5. The van der Waals surface area contributed by atoms with Crippen LogP contribution in [0.2, 0.25) is 0 Å². The van der Waals surface area contributed by atoms with Gasteiger partial charge in [0.25, 0.3) is 5.91 Å². The third-order valence-corrected chi connectivity index (χ3v) is 5.95. The summed E-state index contributed by atoms with van der Waals surface area (Å²) in [6, 6.07) is 10.4. The fraction of sp³-hybridized carbons (Fsp3) is 0.429. The molecule has 2 saturated heterocycles. The summed E-state index contributed by atoms with van der Waals surface area (Å²) in [6.45, 7) is 7.45. The lowest BCUT2D eigenvalue weighted by atomic mass is 9.71. The minimum Gasteiger partial charge on any atom is -0.448 e. The van der Waals surface area contributed by atoms with Crippen LogP contribution in [0.25, 0.3) is 0 Å². The zero-order chi connectivity index (χ0) is 20.0. The van der Waals surface area contributed by atoms with Gasteiger partial charge in [-0.3, -0.25) is 9.69 Å². The lowest BCUT2D eigenvalue weighted by molar-refractivity contribution is -0.00167. The van der Waals surface area contributed by atoms with E-state index < -0.39 is 0 Å². The topological polar surface area (TPSA) is 88.5 Å². The second-order valence-corrected chi connectivity index (χ2v) is 8.16. The van der Waals surface area contributed by atoms with Gasteiger partial charge in [-0.25, -0.2) is 4.98 Å². The first-order valence-electron chi connectivity index (χ1n) is 9.80. The Hall–Kier alpha value is -3.00. The van der Waals surface area contributed by atoms with Crippen molar-refractivity contribution in [1.82, 2.24) is 24.9 Å². The molecule has 8 nitrogen and oxygen atoms in total. The summed E-state index contributed by atoms with van der Waals surface area (Å²) in [5.41, 5.74) is 1.55. The van der Waals surface area contributed by atoms with Gasteiger partial charge in [-0.05, 0) is 12.5 Å². The predicted octanol–water partition coefficient (Wildman–Crippen LogP) is 2.42. The highest BCUT2D eigenvalue weighted by Crippen LogP contribution is 2.49. The number of carbonyl (C=O) groups excluding carboxylic acids is 1. The smallest absolute Gasteiger partial charge is 0.275 e. The van der Waals surface area contributed by atoms with Crippen LogP contribution in [0.5, 0.6) is 0 Å². The van der Waals surface area contributed by atoms with Crippen molar-refractivity contribution in [2.45, 2.75) is 26.3 Å². The molecule has 2 fully saturated rings. The van der Waals surface area contributed by atoms with Crippen molar-refractivity contribution in [2.24, 2.45) is 5.41 Å². The van der Waals surface area contributed by atoms with E-state index in [-0.39, 0.29) is 17.2 Å². The van der Waals surface area contributed by atoms with Gasteiger partial charge in [0.2, 0.25) is 5.89 Å². The van der Waals surface area contributed by atoms with Gasteiger partial charge in [-0.15, -0.1) is 0 Å². The van der Waals surface area contributed by atoms with E-state index >= 15 is 0 Å². The van der Waals surface area contributed by atoms with E-state index in [0.29, 0.717) is 36.4 Å². The number of carbonyl (C=O) groups is 1. The van der Waals surface area contributed by atoms with Gasteiger partial charge in [-0.1, -0.05) is 35.5 Å². The highest BCUT2D eigenvalue weighted by Gasteiger charge is 2.57. The molecule has 1 atom stereocenters. The normalized spacial score (nSPS) is 20.9. The molecule has 1 amide bonds. The molecule has 2 aliphatic heterocycles. The Balaban J connectivity index is 1.36. The number of hydrogen-bond donors (Lipinski definition) is 0. The number of aromatic nitrogens is 3. The Morgan fingerprint density at radius 1 is 1.17 bits per heavy atom. The van der Waals surface area contributed by atoms with Gasteiger partial charge in [0.15, 0.2) is 17.4 Å². The fourth-order valence-corrected chi connectivity index (χ4v) is 4.63. The van der Waals surface area contributed by atoms with Crippen LogP contribution in [0.15, 0.2) is 45.5 Å². The molecule has 2 aromatic heterocycles. The van der Waals surface area contributed by atoms with Gasteiger partial charge in [0.05, 0.1) is 5.92 Å². The summed E-state index contributed by atoms with van der Waals surface area (Å²) < 4.78 is 10.7. The minimum absolute atomic E-state index is 0.0812. The molecule has 3 aromatic rings. The number of rotatable bonds is 4. The fourth-order valence-electron chi connectivity index (χ4n) is 4.63. The van der Waals surface area contributed by atoms with Crippen LogP contribution in [-0.4, -0.2) is 57.0 Å². The predicted molar refractivity (Wildman–Crippen MR) is 103 cm³/mol. The SMILES string of the molecule is Cc1noc(C2CN(Cc3ccccc3)CC23CN(C(=O)c2coc(C)n2)C3)n1. The summed E-state index contributed by atoms with van der Waals surface area (Å²) in [5.74, 6) is 1.83. The van der Waals surface area contributed by atoms with Crippen LogP contribution >= 0.6 is 0 Å². The summed E-state index contributed by atoms with van der Waals surface area (Å²) >= 11 is 0. The van der Waals surface area contributed by atoms with E-state index in [4.69, 9.17) is 8.94 Å². The Kier molecular flexibility index (Phi) is 4.24. The van der Waals surface area contributed by atoms with Crippen molar-refractivity contribution in [3.05, 3.63) is 65.5 Å². The Bertz CT molecular complexity index is 1020. The summed E-state index contributed by atoms with van der Waals surface area (Å²) in [7, 11) is 0. The van der Waals surface area contributed by atoms with E-state index in [1.807, 2.05) is 17.9 Å². The number of amides is 1. The molecule has 4 heterocycles. The van der Waals surface area contributed by atoms with Crippen LogP contribution in [-0.2, 0) is 6.54 Å². The molecule has 0 radical (unpaired) electrons. The van der Waals surface area contributed by atoms with Crippen molar-refractivity contribution in [3.63, 3.8) is 0 Å². The summed E-state index contributed by atoms with van der Waals surface area (Å²) in [4.78, 5) is 25.7. The highest BCUT2D eigenvalue weighted by atomic mass is 16.5. The van der Waals surface area contributed by atoms with Gasteiger partial charge < -0.3 is 13.8 Å². The molecular formula is C21H23N5O3. The Labute approximate surface area is 168 Å². The largest absolute Gasteiger partial charge is 0.448 e. The molecule has 150 valence electrons. The van der Waals surface area contributed by atoms with Crippen molar-refractivity contribution in [1.29, 1.82) is 0 Å². The molecule has 29 heavy (non-hydrogen) atoms. The van der Waals surface area contributed by atoms with Gasteiger partial charge in [0.1, 0.15) is 6.26 Å².